The van der Waals surface area contributed by atoms with E-state index in [-0.39, 0.29) is 11.3 Å². The van der Waals surface area contributed by atoms with Crippen LogP contribution in [-0.2, 0) is 27.2 Å². The Morgan fingerprint density at radius 1 is 1.00 bits per heavy atom. The predicted molar refractivity (Wildman–Crippen MR) is 111 cm³/mol. The number of halogens is 1. The summed E-state index contributed by atoms with van der Waals surface area (Å²) in [6, 6.07) is 3.55. The van der Waals surface area contributed by atoms with Crippen molar-refractivity contribution in [3.05, 3.63) is 53.5 Å². The van der Waals surface area contributed by atoms with Crippen LogP contribution in [0.2, 0.25) is 0 Å². The maximum absolute atomic E-state index is 12.5. The van der Waals surface area contributed by atoms with Crippen molar-refractivity contribution in [2.75, 3.05) is 0 Å². The van der Waals surface area contributed by atoms with Gasteiger partial charge < -0.3 is 5.11 Å². The summed E-state index contributed by atoms with van der Waals surface area (Å²) in [5.41, 5.74) is 0.508. The highest BCUT2D eigenvalue weighted by atomic mass is 79.9. The van der Waals surface area contributed by atoms with E-state index in [2.05, 4.69) is 20.9 Å². The summed E-state index contributed by atoms with van der Waals surface area (Å²) < 4.78 is 5.82. The minimum atomic E-state index is -0.649. The van der Waals surface area contributed by atoms with Crippen LogP contribution in [0.5, 0.6) is 5.88 Å². The molecular weight excluding hydrogens is 430 g/mol. The van der Waals surface area contributed by atoms with E-state index in [1.54, 1.807) is 21.3 Å². The lowest BCUT2D eigenvalue weighted by molar-refractivity contribution is 0.410. The Morgan fingerprint density at radius 2 is 1.57 bits per heavy atom. The Kier molecular flexibility index (Phi) is 5.16. The van der Waals surface area contributed by atoms with Crippen LogP contribution in [-0.4, -0.2) is 29.6 Å². The first kappa shape index (κ1) is 19.9. The monoisotopic (exact) mass is 449 g/mol. The maximum Gasteiger partial charge on any atom is 0.333 e. The first-order chi connectivity index (χ1) is 13.2. The first-order valence-corrected chi connectivity index (χ1v) is 9.47. The summed E-state index contributed by atoms with van der Waals surface area (Å²) in [5, 5.41) is 10.2. The van der Waals surface area contributed by atoms with Crippen LogP contribution in [0, 0.1) is 0 Å². The Labute approximate surface area is 167 Å². The number of aliphatic imine (C=N–C) groups is 1. The molecule has 0 aliphatic heterocycles. The van der Waals surface area contributed by atoms with Gasteiger partial charge in [0, 0.05) is 37.9 Å². The van der Waals surface area contributed by atoms with Crippen LogP contribution >= 0.6 is 15.9 Å². The highest BCUT2D eigenvalue weighted by Crippen LogP contribution is 2.30. The number of nitrogens with zero attached hydrogens (tertiary/aromatic N) is 5. The van der Waals surface area contributed by atoms with Crippen molar-refractivity contribution in [3.63, 3.8) is 0 Å². The molecule has 0 saturated carbocycles. The van der Waals surface area contributed by atoms with E-state index in [0.29, 0.717) is 23.2 Å². The van der Waals surface area contributed by atoms with E-state index in [1.165, 1.54) is 20.3 Å². The maximum atomic E-state index is 12.5. The van der Waals surface area contributed by atoms with Gasteiger partial charge in [-0.15, -0.1) is 0 Å². The van der Waals surface area contributed by atoms with Crippen molar-refractivity contribution in [1.82, 2.24) is 18.3 Å². The van der Waals surface area contributed by atoms with Crippen LogP contribution < -0.4 is 16.9 Å². The van der Waals surface area contributed by atoms with Crippen molar-refractivity contribution < 1.29 is 5.11 Å². The third-order valence-electron chi connectivity index (χ3n) is 4.72. The molecule has 0 aliphatic rings. The molecule has 2 heterocycles. The van der Waals surface area contributed by atoms with E-state index < -0.39 is 17.1 Å². The van der Waals surface area contributed by atoms with Gasteiger partial charge in [-0.25, -0.2) is 9.59 Å². The highest BCUT2D eigenvalue weighted by molar-refractivity contribution is 9.10. The van der Waals surface area contributed by atoms with E-state index in [1.807, 2.05) is 13.8 Å². The molecule has 0 atom stereocenters. The van der Waals surface area contributed by atoms with Gasteiger partial charge in [-0.2, -0.15) is 0 Å². The molecule has 3 rings (SSSR count). The fourth-order valence-corrected chi connectivity index (χ4v) is 3.57. The number of hydrogen-bond acceptors (Lipinski definition) is 5. The third-order valence-corrected chi connectivity index (χ3v) is 5.36. The van der Waals surface area contributed by atoms with Crippen LogP contribution in [0.15, 0.2) is 36.0 Å². The molecule has 10 heteroatoms. The summed E-state index contributed by atoms with van der Waals surface area (Å²) in [4.78, 5) is 41.0. The van der Waals surface area contributed by atoms with E-state index in [4.69, 9.17) is 0 Å². The van der Waals surface area contributed by atoms with Gasteiger partial charge in [0.2, 0.25) is 5.88 Å². The average molecular weight is 450 g/mol. The second-order valence-electron chi connectivity index (χ2n) is 6.26. The fourth-order valence-electron chi connectivity index (χ4n) is 3.14. The van der Waals surface area contributed by atoms with E-state index in [0.717, 1.165) is 20.2 Å². The Balaban J connectivity index is 2.22. The number of imidazole rings is 1. The number of fused-ring (bicyclic) bond motifs is 1. The topological polar surface area (TPSA) is 104 Å². The molecule has 0 amide bonds. The Hall–Kier alpha value is -2.88. The molecule has 0 fully saturated rings. The van der Waals surface area contributed by atoms with Crippen LogP contribution in [0.1, 0.15) is 19.4 Å². The van der Waals surface area contributed by atoms with Crippen molar-refractivity contribution in [3.8, 4) is 5.88 Å². The van der Waals surface area contributed by atoms with Crippen LogP contribution in [0.3, 0.4) is 0 Å². The molecule has 28 heavy (non-hydrogen) atoms. The zero-order valence-electron chi connectivity index (χ0n) is 15.9. The molecule has 0 unspecified atom stereocenters. The van der Waals surface area contributed by atoms with E-state index in [9.17, 15) is 19.5 Å². The van der Waals surface area contributed by atoms with Gasteiger partial charge >= 0.3 is 11.4 Å². The van der Waals surface area contributed by atoms with Gasteiger partial charge in [-0.3, -0.25) is 28.1 Å². The number of aromatic hydroxyl groups is 1. The van der Waals surface area contributed by atoms with Gasteiger partial charge in [0.1, 0.15) is 5.56 Å². The van der Waals surface area contributed by atoms with Crippen molar-refractivity contribution in [2.45, 2.75) is 26.9 Å². The third kappa shape index (κ3) is 2.93. The summed E-state index contributed by atoms with van der Waals surface area (Å²) in [6.07, 6.45) is 1.22. The summed E-state index contributed by atoms with van der Waals surface area (Å²) in [5.74, 6) is -0.461. The molecule has 1 N–H and O–H groups in total. The molecule has 2 aromatic heterocycles. The lowest BCUT2D eigenvalue weighted by Gasteiger charge is -2.07. The zero-order chi connectivity index (χ0) is 20.7. The zero-order valence-corrected chi connectivity index (χ0v) is 17.5. The molecular formula is C18H20BrN5O4. The molecule has 0 aliphatic carbocycles. The van der Waals surface area contributed by atoms with Crippen LogP contribution in [0.4, 0.5) is 5.69 Å². The van der Waals surface area contributed by atoms with Crippen molar-refractivity contribution >= 4 is 38.9 Å². The molecule has 0 spiro atoms. The summed E-state index contributed by atoms with van der Waals surface area (Å²) in [6.45, 7) is 4.84. The van der Waals surface area contributed by atoms with Gasteiger partial charge in [-0.1, -0.05) is 0 Å². The molecule has 0 bridgehead atoms. The minimum Gasteiger partial charge on any atom is -0.494 e. The summed E-state index contributed by atoms with van der Waals surface area (Å²) in [7, 11) is 2.70. The van der Waals surface area contributed by atoms with Gasteiger partial charge in [-0.05, 0) is 41.9 Å². The molecule has 148 valence electrons. The second kappa shape index (κ2) is 7.27. The molecule has 9 nitrogen and oxygen atoms in total. The predicted octanol–water partition coefficient (Wildman–Crippen LogP) is 1.46. The van der Waals surface area contributed by atoms with Gasteiger partial charge in [0.25, 0.3) is 5.56 Å². The first-order valence-electron chi connectivity index (χ1n) is 8.68. The SMILES string of the molecule is CCn1c(=O)n(CC)c2cc(N=Cc3c(O)n(C)c(=O)n(C)c3=O)c(Br)cc21. The Bertz CT molecular complexity index is 1290. The standard InChI is InChI=1S/C18H20BrN5O4/c1-5-23-13-7-11(19)12(8-14(13)24(6-2)18(23)28)20-9-10-15(25)21(3)17(27)22(4)16(10)26/h7-9,25H,5-6H2,1-4H3. The summed E-state index contributed by atoms with van der Waals surface area (Å²) >= 11 is 3.45. The molecule has 0 radical (unpaired) electrons. The van der Waals surface area contributed by atoms with Crippen molar-refractivity contribution in [2.24, 2.45) is 19.1 Å². The van der Waals surface area contributed by atoms with Crippen LogP contribution in [0.25, 0.3) is 11.0 Å². The lowest BCUT2D eigenvalue weighted by atomic mass is 10.2. The number of hydrogen-bond donors (Lipinski definition) is 1. The molecule has 0 saturated heterocycles. The fraction of sp³-hybridized carbons (Fsp3) is 0.333. The average Bonchev–Trinajstić information content (AvgIpc) is 2.94. The number of aryl methyl sites for hydroxylation is 2. The largest absolute Gasteiger partial charge is 0.494 e. The second-order valence-corrected chi connectivity index (χ2v) is 7.12. The molecule has 3 aromatic rings. The van der Waals surface area contributed by atoms with Crippen molar-refractivity contribution in [1.29, 1.82) is 0 Å². The highest BCUT2D eigenvalue weighted by Gasteiger charge is 2.15. The normalized spacial score (nSPS) is 11.8. The quantitative estimate of drug-likeness (QED) is 0.608. The number of benzene rings is 1. The molecule has 1 aromatic carbocycles. The van der Waals surface area contributed by atoms with Gasteiger partial charge in [0.05, 0.1) is 16.7 Å². The van der Waals surface area contributed by atoms with Gasteiger partial charge in [0.15, 0.2) is 0 Å². The Morgan fingerprint density at radius 3 is 2.14 bits per heavy atom. The number of rotatable bonds is 4. The number of aromatic nitrogens is 4. The lowest BCUT2D eigenvalue weighted by Crippen LogP contribution is -2.38. The minimum absolute atomic E-state index is 0.0994. The van der Waals surface area contributed by atoms with E-state index >= 15 is 0 Å². The smallest absolute Gasteiger partial charge is 0.333 e.